The number of carbonyl (C=O) groups excluding carboxylic acids is 2. The lowest BCUT2D eigenvalue weighted by atomic mass is 9.85. The van der Waals surface area contributed by atoms with Gasteiger partial charge in [-0.15, -0.1) is 10.2 Å². The molecule has 1 heterocycles. The van der Waals surface area contributed by atoms with Gasteiger partial charge >= 0.3 is 0 Å². The van der Waals surface area contributed by atoms with E-state index in [2.05, 4.69) is 20.8 Å². The molecule has 6 nitrogen and oxygen atoms in total. The van der Waals surface area contributed by atoms with Crippen LogP contribution in [0.15, 0.2) is 22.5 Å². The van der Waals surface area contributed by atoms with Crippen LogP contribution in [-0.4, -0.2) is 27.8 Å². The predicted octanol–water partition coefficient (Wildman–Crippen LogP) is 3.62. The van der Waals surface area contributed by atoms with Gasteiger partial charge in [-0.1, -0.05) is 41.7 Å². The Labute approximate surface area is 154 Å². The molecule has 1 aliphatic carbocycles. The van der Waals surface area contributed by atoms with E-state index in [-0.39, 0.29) is 23.5 Å². The minimum atomic E-state index is -0.0889. The van der Waals surface area contributed by atoms with Gasteiger partial charge in [0.2, 0.25) is 16.9 Å². The van der Waals surface area contributed by atoms with Gasteiger partial charge in [-0.25, -0.2) is 0 Å². The van der Waals surface area contributed by atoms with Crippen LogP contribution >= 0.6 is 23.1 Å². The maximum absolute atomic E-state index is 12.1. The summed E-state index contributed by atoms with van der Waals surface area (Å²) in [5, 5.41) is 14.2. The molecule has 2 aromatic rings. The van der Waals surface area contributed by atoms with E-state index in [0.717, 1.165) is 36.1 Å². The third kappa shape index (κ3) is 4.58. The average molecular weight is 377 g/mol. The zero-order valence-electron chi connectivity index (χ0n) is 14.2. The van der Waals surface area contributed by atoms with Gasteiger partial charge in [0.1, 0.15) is 0 Å². The lowest BCUT2D eigenvalue weighted by Gasteiger charge is -2.23. The van der Waals surface area contributed by atoms with Crippen molar-refractivity contribution in [1.82, 2.24) is 10.2 Å². The first-order valence-electron chi connectivity index (χ1n) is 8.16. The second-order valence-electron chi connectivity index (χ2n) is 6.07. The highest BCUT2D eigenvalue weighted by molar-refractivity contribution is 8.01. The van der Waals surface area contributed by atoms with E-state index in [1.54, 1.807) is 0 Å². The number of hydrogen-bond acceptors (Lipinski definition) is 6. The molecule has 1 aliphatic rings. The molecule has 25 heavy (non-hydrogen) atoms. The fourth-order valence-corrected chi connectivity index (χ4v) is 3.95. The molecule has 2 N–H and O–H groups in total. The van der Waals surface area contributed by atoms with Crippen molar-refractivity contribution in [3.8, 4) is 0 Å². The largest absolute Gasteiger partial charge is 0.325 e. The molecule has 0 saturated heterocycles. The van der Waals surface area contributed by atoms with Crippen LogP contribution in [0.3, 0.4) is 0 Å². The number of carbonyl (C=O) groups is 2. The highest BCUT2D eigenvalue weighted by Crippen LogP contribution is 2.30. The Morgan fingerprint density at radius 3 is 2.76 bits per heavy atom. The van der Waals surface area contributed by atoms with Crippen LogP contribution in [0.4, 0.5) is 10.8 Å². The second-order valence-corrected chi connectivity index (χ2v) is 8.27. The third-order valence-electron chi connectivity index (χ3n) is 4.32. The van der Waals surface area contributed by atoms with Crippen LogP contribution in [0.2, 0.25) is 0 Å². The van der Waals surface area contributed by atoms with E-state index in [4.69, 9.17) is 0 Å². The molecule has 0 atom stereocenters. The molecule has 0 radical (unpaired) electrons. The molecule has 0 spiro atoms. The molecule has 1 saturated carbocycles. The van der Waals surface area contributed by atoms with Crippen LogP contribution < -0.4 is 10.6 Å². The van der Waals surface area contributed by atoms with Crippen LogP contribution in [0, 0.1) is 19.8 Å². The first-order valence-corrected chi connectivity index (χ1v) is 9.96. The van der Waals surface area contributed by atoms with Gasteiger partial charge in [-0.3, -0.25) is 9.59 Å². The Hall–Kier alpha value is -1.93. The second kappa shape index (κ2) is 7.97. The Balaban J connectivity index is 1.49. The van der Waals surface area contributed by atoms with Crippen molar-refractivity contribution in [2.75, 3.05) is 16.4 Å². The number of aryl methyl sites for hydroxylation is 1. The molecule has 0 unspecified atom stereocenters. The zero-order chi connectivity index (χ0) is 17.8. The highest BCUT2D eigenvalue weighted by atomic mass is 32.2. The van der Waals surface area contributed by atoms with Gasteiger partial charge in [0.15, 0.2) is 4.34 Å². The van der Waals surface area contributed by atoms with E-state index >= 15 is 0 Å². The highest BCUT2D eigenvalue weighted by Gasteiger charge is 2.26. The van der Waals surface area contributed by atoms with Crippen LogP contribution in [0.1, 0.15) is 30.4 Å². The van der Waals surface area contributed by atoms with Gasteiger partial charge in [-0.2, -0.15) is 0 Å². The predicted molar refractivity (Wildman–Crippen MR) is 101 cm³/mol. The fourth-order valence-electron chi connectivity index (χ4n) is 2.40. The van der Waals surface area contributed by atoms with Crippen molar-refractivity contribution in [2.24, 2.45) is 5.92 Å². The van der Waals surface area contributed by atoms with E-state index in [9.17, 15) is 9.59 Å². The number of amides is 2. The molecule has 132 valence electrons. The SMILES string of the molecule is Cc1cccc(NC(=O)CSc2nnc(NC(=O)C3CCC3)s2)c1C. The van der Waals surface area contributed by atoms with Crippen molar-refractivity contribution < 1.29 is 9.59 Å². The number of nitrogens with zero attached hydrogens (tertiary/aromatic N) is 2. The summed E-state index contributed by atoms with van der Waals surface area (Å²) in [4.78, 5) is 24.0. The van der Waals surface area contributed by atoms with Crippen molar-refractivity contribution in [1.29, 1.82) is 0 Å². The Kier molecular flexibility index (Phi) is 5.70. The molecular formula is C17H20N4O2S2. The molecule has 0 bridgehead atoms. The summed E-state index contributed by atoms with van der Waals surface area (Å²) < 4.78 is 0.667. The summed E-state index contributed by atoms with van der Waals surface area (Å²) in [5.74, 6) is 0.294. The van der Waals surface area contributed by atoms with Crippen molar-refractivity contribution in [2.45, 2.75) is 37.4 Å². The fraction of sp³-hybridized carbons (Fsp3) is 0.412. The number of anilines is 2. The van der Waals surface area contributed by atoms with Gasteiger partial charge in [0.25, 0.3) is 0 Å². The minimum absolute atomic E-state index is 0.0200. The monoisotopic (exact) mass is 376 g/mol. The lowest BCUT2D eigenvalue weighted by Crippen LogP contribution is -2.27. The summed E-state index contributed by atoms with van der Waals surface area (Å²) in [6.07, 6.45) is 3.01. The van der Waals surface area contributed by atoms with Crippen molar-refractivity contribution >= 4 is 45.7 Å². The smallest absolute Gasteiger partial charge is 0.234 e. The third-order valence-corrected chi connectivity index (χ3v) is 6.29. The molecule has 1 aromatic carbocycles. The minimum Gasteiger partial charge on any atom is -0.325 e. The Morgan fingerprint density at radius 2 is 2.04 bits per heavy atom. The van der Waals surface area contributed by atoms with Crippen molar-refractivity contribution in [3.63, 3.8) is 0 Å². The first kappa shape index (κ1) is 17.9. The first-order chi connectivity index (χ1) is 12.0. The van der Waals surface area contributed by atoms with E-state index in [1.165, 1.54) is 23.1 Å². The summed E-state index contributed by atoms with van der Waals surface area (Å²) in [6, 6.07) is 5.83. The summed E-state index contributed by atoms with van der Waals surface area (Å²) in [6.45, 7) is 4.00. The number of hydrogen-bond donors (Lipinski definition) is 2. The molecule has 2 amide bonds. The molecule has 3 rings (SSSR count). The van der Waals surface area contributed by atoms with Crippen LogP contribution in [0.5, 0.6) is 0 Å². The van der Waals surface area contributed by atoms with Gasteiger partial charge in [0, 0.05) is 11.6 Å². The summed E-state index contributed by atoms with van der Waals surface area (Å²) in [7, 11) is 0. The lowest BCUT2D eigenvalue weighted by molar-refractivity contribution is -0.122. The van der Waals surface area contributed by atoms with Crippen LogP contribution in [-0.2, 0) is 9.59 Å². The quantitative estimate of drug-likeness (QED) is 0.594. The zero-order valence-corrected chi connectivity index (χ0v) is 15.8. The standard InChI is InChI=1S/C17H20N4O2S2/c1-10-5-3-8-13(11(10)2)18-14(22)9-24-17-21-20-16(25-17)19-15(23)12-6-4-7-12/h3,5,8,12H,4,6-7,9H2,1-2H3,(H,18,22)(H,19,20,23). The van der Waals surface area contributed by atoms with E-state index in [0.29, 0.717) is 9.47 Å². The maximum atomic E-state index is 12.1. The van der Waals surface area contributed by atoms with E-state index < -0.39 is 0 Å². The Morgan fingerprint density at radius 1 is 1.24 bits per heavy atom. The Bertz CT molecular complexity index is 787. The topological polar surface area (TPSA) is 84.0 Å². The molecule has 8 heteroatoms. The number of rotatable bonds is 6. The van der Waals surface area contributed by atoms with E-state index in [1.807, 2.05) is 32.0 Å². The normalized spacial score (nSPS) is 14.0. The maximum Gasteiger partial charge on any atom is 0.234 e. The molecule has 1 fully saturated rings. The van der Waals surface area contributed by atoms with Crippen molar-refractivity contribution in [3.05, 3.63) is 29.3 Å². The van der Waals surface area contributed by atoms with Gasteiger partial charge in [-0.05, 0) is 43.9 Å². The molecular weight excluding hydrogens is 356 g/mol. The average Bonchev–Trinajstić information content (AvgIpc) is 2.95. The van der Waals surface area contributed by atoms with Crippen LogP contribution in [0.25, 0.3) is 0 Å². The number of aromatic nitrogens is 2. The number of nitrogens with one attached hydrogen (secondary N) is 2. The number of benzene rings is 1. The molecule has 0 aliphatic heterocycles. The summed E-state index contributed by atoms with van der Waals surface area (Å²) >= 11 is 2.61. The van der Waals surface area contributed by atoms with Gasteiger partial charge < -0.3 is 10.6 Å². The molecule has 1 aromatic heterocycles. The number of thioether (sulfide) groups is 1. The summed E-state index contributed by atoms with van der Waals surface area (Å²) in [5.41, 5.74) is 3.04. The van der Waals surface area contributed by atoms with Gasteiger partial charge in [0.05, 0.1) is 5.75 Å².